The smallest absolute Gasteiger partial charge is 0.140 e. The summed E-state index contributed by atoms with van der Waals surface area (Å²) >= 11 is 1.85. The molecule has 362 valence electrons. The predicted molar refractivity (Wildman–Crippen MR) is 322 cm³/mol. The molecule has 0 atom stereocenters. The van der Waals surface area contributed by atoms with Gasteiger partial charge in [0.05, 0.1) is 16.8 Å². The maximum Gasteiger partial charge on any atom is 0.140 e. The molecule has 1 aliphatic heterocycles. The molecule has 1 spiro atoms. The zero-order chi connectivity index (χ0) is 50.9. The number of hydrogen-bond donors (Lipinski definition) is 0. The van der Waals surface area contributed by atoms with E-state index in [0.717, 1.165) is 79.0 Å². The molecule has 0 bridgehead atoms. The van der Waals surface area contributed by atoms with Crippen molar-refractivity contribution < 1.29 is 4.74 Å². The lowest BCUT2D eigenvalue weighted by Gasteiger charge is -2.41. The van der Waals surface area contributed by atoms with Gasteiger partial charge >= 0.3 is 0 Å². The van der Waals surface area contributed by atoms with Gasteiger partial charge in [-0.1, -0.05) is 212 Å². The van der Waals surface area contributed by atoms with Crippen molar-refractivity contribution in [2.45, 2.75) is 5.41 Å². The lowest BCUT2D eigenvalue weighted by molar-refractivity contribution is 0.438. The highest BCUT2D eigenvalue weighted by Crippen LogP contribution is 2.64. The van der Waals surface area contributed by atoms with Crippen molar-refractivity contribution in [2.24, 2.45) is 0 Å². The van der Waals surface area contributed by atoms with Crippen LogP contribution in [0.1, 0.15) is 22.3 Å². The monoisotopic (exact) mass is 1000 g/mol. The Morgan fingerprint density at radius 3 is 1.49 bits per heavy atom. The zero-order valence-electron chi connectivity index (χ0n) is 41.9. The van der Waals surface area contributed by atoms with E-state index in [1.54, 1.807) is 0 Å². The zero-order valence-corrected chi connectivity index (χ0v) is 42.7. The van der Waals surface area contributed by atoms with E-state index in [0.29, 0.717) is 0 Å². The summed E-state index contributed by atoms with van der Waals surface area (Å²) in [6.07, 6.45) is 0. The van der Waals surface area contributed by atoms with Gasteiger partial charge in [-0.15, -0.1) is 11.3 Å². The minimum Gasteiger partial charge on any atom is -0.456 e. The van der Waals surface area contributed by atoms with Crippen molar-refractivity contribution in [2.75, 3.05) is 9.80 Å². The Morgan fingerprint density at radius 2 is 0.805 bits per heavy atom. The molecule has 0 unspecified atom stereocenters. The molecule has 2 heterocycles. The minimum atomic E-state index is -0.690. The SMILES string of the molecule is c1ccc(-c2ccc(N(c3ccccc3)c3cccc4sc5ccc(N(c6cc(-c7ccccc7)c7c(c6)C6(c8ccccc8O7)c7ccccc7-c7ccccc76)c6ccccc6-c6ccccc6)cc5c34)cc2)cc1. The van der Waals surface area contributed by atoms with Gasteiger partial charge in [-0.05, 0) is 123 Å². The van der Waals surface area contributed by atoms with Gasteiger partial charge in [-0.3, -0.25) is 0 Å². The number of ether oxygens (including phenoxy) is 1. The van der Waals surface area contributed by atoms with Crippen LogP contribution in [-0.4, -0.2) is 0 Å². The molecule has 1 aromatic heterocycles. The van der Waals surface area contributed by atoms with E-state index in [-0.39, 0.29) is 0 Å². The van der Waals surface area contributed by atoms with E-state index >= 15 is 0 Å². The van der Waals surface area contributed by atoms with Crippen molar-refractivity contribution in [1.82, 2.24) is 0 Å². The second-order valence-corrected chi connectivity index (χ2v) is 21.0. The Morgan fingerprint density at radius 1 is 0.299 bits per heavy atom. The Bertz CT molecular complexity index is 4320. The van der Waals surface area contributed by atoms with Crippen molar-refractivity contribution in [1.29, 1.82) is 0 Å². The first-order valence-corrected chi connectivity index (χ1v) is 27.1. The van der Waals surface area contributed by atoms with Crippen molar-refractivity contribution in [3.63, 3.8) is 0 Å². The maximum absolute atomic E-state index is 7.33. The molecule has 0 amide bonds. The molecule has 0 saturated carbocycles. The van der Waals surface area contributed by atoms with Gasteiger partial charge < -0.3 is 14.5 Å². The number of nitrogens with zero attached hydrogens (tertiary/aromatic N) is 2. The predicted octanol–water partition coefficient (Wildman–Crippen LogP) is 20.5. The largest absolute Gasteiger partial charge is 0.456 e. The Hall–Kier alpha value is -9.74. The molecule has 77 heavy (non-hydrogen) atoms. The van der Waals surface area contributed by atoms with Crippen LogP contribution in [0.5, 0.6) is 11.5 Å². The lowest BCUT2D eigenvalue weighted by atomic mass is 9.65. The summed E-state index contributed by atoms with van der Waals surface area (Å²) in [7, 11) is 0. The van der Waals surface area contributed by atoms with E-state index in [1.165, 1.54) is 53.6 Å². The van der Waals surface area contributed by atoms with Crippen LogP contribution < -0.4 is 14.5 Å². The molecule has 0 saturated heterocycles. The van der Waals surface area contributed by atoms with Gasteiger partial charge in [-0.2, -0.15) is 0 Å². The molecule has 0 radical (unpaired) electrons. The van der Waals surface area contributed by atoms with Crippen LogP contribution >= 0.6 is 11.3 Å². The topological polar surface area (TPSA) is 15.7 Å². The Kier molecular flexibility index (Phi) is 10.6. The van der Waals surface area contributed by atoms with Crippen LogP contribution in [0.2, 0.25) is 0 Å². The highest BCUT2D eigenvalue weighted by atomic mass is 32.1. The summed E-state index contributed by atoms with van der Waals surface area (Å²) in [4.78, 5) is 4.92. The number of para-hydroxylation sites is 3. The molecular formula is C73H48N2OS. The molecule has 13 aromatic rings. The van der Waals surface area contributed by atoms with E-state index in [2.05, 4.69) is 301 Å². The lowest BCUT2D eigenvalue weighted by Crippen LogP contribution is -2.32. The molecule has 4 heteroatoms. The van der Waals surface area contributed by atoms with Crippen LogP contribution in [0.25, 0.3) is 64.7 Å². The van der Waals surface area contributed by atoms with Crippen LogP contribution in [0.4, 0.5) is 34.1 Å². The fraction of sp³-hybridized carbons (Fsp3) is 0.0137. The highest BCUT2D eigenvalue weighted by molar-refractivity contribution is 7.26. The normalized spacial score (nSPS) is 12.6. The standard InChI is InChI=1S/C73H48N2OS/c1-5-22-49(23-6-1)50-40-42-54(43-41-50)74(53-28-11-4-12-29-53)67-37-21-39-70-71(67)61-46-55(44-45-69(61)77-70)75(66-36-19-15-30-57(66)51-24-7-2-8-25-51)56-47-60(52-26-9-3-10-27-52)72-65(48-56)73(64-35-18-20-38-68(64)76-72)62-33-16-13-31-58(62)59-32-14-17-34-63(59)73/h1-48H. The highest BCUT2D eigenvalue weighted by Gasteiger charge is 2.52. The van der Waals surface area contributed by atoms with Gasteiger partial charge in [0.1, 0.15) is 11.5 Å². The summed E-state index contributed by atoms with van der Waals surface area (Å²) in [6, 6.07) is 106. The van der Waals surface area contributed by atoms with Crippen LogP contribution in [0.3, 0.4) is 0 Å². The molecule has 2 aliphatic rings. The van der Waals surface area contributed by atoms with E-state index in [1.807, 2.05) is 11.3 Å². The minimum absolute atomic E-state index is 0.690. The fourth-order valence-corrected chi connectivity index (χ4v) is 13.5. The number of hydrogen-bond acceptors (Lipinski definition) is 4. The van der Waals surface area contributed by atoms with Crippen LogP contribution in [0.15, 0.2) is 291 Å². The van der Waals surface area contributed by atoms with Gasteiger partial charge in [0.15, 0.2) is 0 Å². The number of thiophene rings is 1. The second kappa shape index (κ2) is 18.3. The third-order valence-electron chi connectivity index (χ3n) is 15.7. The summed E-state index contributed by atoms with van der Waals surface area (Å²) in [5.74, 6) is 1.73. The molecule has 3 nitrogen and oxygen atoms in total. The van der Waals surface area contributed by atoms with Gasteiger partial charge in [0.2, 0.25) is 0 Å². The number of benzene rings is 12. The third-order valence-corrected chi connectivity index (χ3v) is 16.8. The average molecular weight is 1000 g/mol. The number of rotatable bonds is 9. The maximum atomic E-state index is 7.33. The van der Waals surface area contributed by atoms with Crippen LogP contribution in [0, 0.1) is 0 Å². The number of anilines is 6. The van der Waals surface area contributed by atoms with Crippen molar-refractivity contribution in [3.8, 4) is 56.0 Å². The molecule has 15 rings (SSSR count). The van der Waals surface area contributed by atoms with Gasteiger partial charge in [0.25, 0.3) is 0 Å². The van der Waals surface area contributed by atoms with E-state index < -0.39 is 5.41 Å². The van der Waals surface area contributed by atoms with E-state index in [4.69, 9.17) is 4.74 Å². The Balaban J connectivity index is 1.01. The quantitative estimate of drug-likeness (QED) is 0.143. The second-order valence-electron chi connectivity index (χ2n) is 19.9. The number of fused-ring (bicyclic) bond motifs is 12. The molecule has 12 aromatic carbocycles. The first kappa shape index (κ1) is 44.7. The molecule has 0 fully saturated rings. The molecule has 0 N–H and O–H groups in total. The third kappa shape index (κ3) is 7.18. The molecule has 1 aliphatic carbocycles. The van der Waals surface area contributed by atoms with E-state index in [9.17, 15) is 0 Å². The van der Waals surface area contributed by atoms with Gasteiger partial charge in [-0.25, -0.2) is 0 Å². The van der Waals surface area contributed by atoms with Crippen molar-refractivity contribution in [3.05, 3.63) is 313 Å². The fourth-order valence-electron chi connectivity index (χ4n) is 12.4. The summed E-state index contributed by atoms with van der Waals surface area (Å²) < 4.78 is 9.78. The van der Waals surface area contributed by atoms with Crippen molar-refractivity contribution >= 4 is 65.6 Å². The van der Waals surface area contributed by atoms with Gasteiger partial charge in [0, 0.05) is 65.2 Å². The first-order valence-electron chi connectivity index (χ1n) is 26.3. The Labute approximate surface area is 452 Å². The summed E-state index contributed by atoms with van der Waals surface area (Å²) in [5.41, 5.74) is 19.7. The van der Waals surface area contributed by atoms with Crippen LogP contribution in [-0.2, 0) is 5.41 Å². The average Bonchev–Trinajstić information content (AvgIpc) is 4.22. The molecular weight excluding hydrogens is 953 g/mol. The first-order chi connectivity index (χ1) is 38.2. The summed E-state index contributed by atoms with van der Waals surface area (Å²) in [6.45, 7) is 0. The summed E-state index contributed by atoms with van der Waals surface area (Å²) in [5, 5.41) is 2.40.